The average molecular weight is 536 g/mol. The van der Waals surface area contributed by atoms with Crippen molar-refractivity contribution in [2.24, 2.45) is 16.7 Å². The summed E-state index contributed by atoms with van der Waals surface area (Å²) in [5, 5.41) is 41.3. The molecule has 0 bridgehead atoms. The largest absolute Gasteiger partial charge is 0.504 e. The Morgan fingerprint density at radius 1 is 1.18 bits per heavy atom. The van der Waals surface area contributed by atoms with Gasteiger partial charge in [0.25, 0.3) is 0 Å². The molecule has 4 rings (SSSR count). The van der Waals surface area contributed by atoms with Gasteiger partial charge < -0.3 is 39.5 Å². The number of aliphatic hydroxyl groups is 4. The minimum absolute atomic E-state index is 0.0275. The Labute approximate surface area is 221 Å². The molecule has 11 heteroatoms. The molecule has 38 heavy (non-hydrogen) atoms. The zero-order valence-corrected chi connectivity index (χ0v) is 22.2. The number of ether oxygens (including phenoxy) is 3. The predicted molar refractivity (Wildman–Crippen MR) is 132 cm³/mol. The number of carbonyl (C=O) groups is 3. The molecular weight excluding hydrogens is 498 g/mol. The third-order valence-electron chi connectivity index (χ3n) is 8.74. The normalized spacial score (nSPS) is 35.6. The molecule has 1 heterocycles. The van der Waals surface area contributed by atoms with Gasteiger partial charge in [0.15, 0.2) is 5.76 Å². The van der Waals surface area contributed by atoms with Crippen molar-refractivity contribution >= 4 is 17.7 Å². The molecule has 6 atom stereocenters. The average Bonchev–Trinajstić information content (AvgIpc) is 3.13. The van der Waals surface area contributed by atoms with Gasteiger partial charge in [-0.2, -0.15) is 0 Å². The monoisotopic (exact) mass is 535 g/mol. The highest BCUT2D eigenvalue weighted by Crippen LogP contribution is 2.63. The molecule has 6 unspecified atom stereocenters. The molecule has 0 aromatic heterocycles. The van der Waals surface area contributed by atoms with Crippen LogP contribution >= 0.6 is 0 Å². The molecule has 4 aliphatic rings. The van der Waals surface area contributed by atoms with Gasteiger partial charge >= 0.3 is 11.9 Å². The zero-order valence-electron chi connectivity index (χ0n) is 22.2. The zero-order chi connectivity index (χ0) is 28.0. The number of methoxy groups -OCH3 is 1. The maximum atomic E-state index is 13.9. The number of ketones is 1. The Balaban J connectivity index is 2.00. The van der Waals surface area contributed by atoms with E-state index in [4.69, 9.17) is 14.2 Å². The first-order valence-electron chi connectivity index (χ1n) is 12.9. The SMILES string of the molecule is COCC1OC(=O)/C(=C\N(CCO)CCO)C2=C(O)C(=O)C3=C(C(OC(C)=O)CC4(C)C(O)CCC34)C21C. The lowest BCUT2D eigenvalue weighted by Gasteiger charge is -2.54. The quantitative estimate of drug-likeness (QED) is 0.253. The summed E-state index contributed by atoms with van der Waals surface area (Å²) in [5.41, 5.74) is -1.42. The van der Waals surface area contributed by atoms with Crippen LogP contribution in [-0.4, -0.2) is 101 Å². The van der Waals surface area contributed by atoms with Crippen molar-refractivity contribution in [2.75, 3.05) is 40.0 Å². The molecule has 1 saturated carbocycles. The van der Waals surface area contributed by atoms with E-state index in [2.05, 4.69) is 0 Å². The first-order valence-corrected chi connectivity index (χ1v) is 12.9. The highest BCUT2D eigenvalue weighted by molar-refractivity contribution is 6.13. The number of fused-ring (bicyclic) bond motifs is 4. The van der Waals surface area contributed by atoms with Crippen LogP contribution in [0, 0.1) is 16.7 Å². The number of esters is 2. The summed E-state index contributed by atoms with van der Waals surface area (Å²) in [6.07, 6.45) is -0.0400. The van der Waals surface area contributed by atoms with Crippen molar-refractivity contribution in [1.29, 1.82) is 0 Å². The fourth-order valence-electron chi connectivity index (χ4n) is 6.95. The van der Waals surface area contributed by atoms with Gasteiger partial charge in [-0.25, -0.2) is 4.79 Å². The fourth-order valence-corrected chi connectivity index (χ4v) is 6.95. The molecule has 4 N–H and O–H groups in total. The van der Waals surface area contributed by atoms with Crippen LogP contribution in [-0.2, 0) is 28.6 Å². The van der Waals surface area contributed by atoms with Crippen LogP contribution in [0.1, 0.15) is 40.0 Å². The van der Waals surface area contributed by atoms with Crippen LogP contribution in [0.2, 0.25) is 0 Å². The van der Waals surface area contributed by atoms with E-state index < -0.39 is 58.5 Å². The van der Waals surface area contributed by atoms with Crippen LogP contribution in [0.4, 0.5) is 0 Å². The van der Waals surface area contributed by atoms with Gasteiger partial charge in [0.2, 0.25) is 5.78 Å². The Morgan fingerprint density at radius 3 is 2.42 bits per heavy atom. The molecule has 0 spiro atoms. The standard InChI is InChI=1S/C27H37NO10/c1-14(31)37-17-11-26(2)16(5-6-18(26)32)20-22(17)27(3)19(13-36-4)38-25(35)15(21(27)24(34)23(20)33)12-28(7-9-29)8-10-30/h12,16-19,29-30,32,34H,5-11,13H2,1-4H3/b15-12-. The summed E-state index contributed by atoms with van der Waals surface area (Å²) in [7, 11) is 1.44. The molecule has 11 nitrogen and oxygen atoms in total. The minimum atomic E-state index is -1.32. The number of carbonyl (C=O) groups excluding carboxylic acids is 3. The Morgan fingerprint density at radius 2 is 1.84 bits per heavy atom. The summed E-state index contributed by atoms with van der Waals surface area (Å²) >= 11 is 0. The van der Waals surface area contributed by atoms with Gasteiger partial charge in [-0.05, 0) is 37.7 Å². The molecule has 3 aliphatic carbocycles. The van der Waals surface area contributed by atoms with Crippen LogP contribution in [0.5, 0.6) is 0 Å². The van der Waals surface area contributed by atoms with Crippen LogP contribution in [0.15, 0.2) is 34.3 Å². The molecule has 0 radical (unpaired) electrons. The summed E-state index contributed by atoms with van der Waals surface area (Å²) in [6.45, 7) is 4.43. The van der Waals surface area contributed by atoms with Crippen LogP contribution < -0.4 is 0 Å². The van der Waals surface area contributed by atoms with Crippen molar-refractivity contribution in [1.82, 2.24) is 4.90 Å². The molecule has 1 saturated heterocycles. The van der Waals surface area contributed by atoms with E-state index in [9.17, 15) is 34.8 Å². The van der Waals surface area contributed by atoms with E-state index in [1.165, 1.54) is 25.1 Å². The summed E-state index contributed by atoms with van der Waals surface area (Å²) in [4.78, 5) is 41.0. The number of Topliss-reactive ketones (excluding diaryl/α,β-unsaturated/α-hetero) is 1. The van der Waals surface area contributed by atoms with E-state index >= 15 is 0 Å². The van der Waals surface area contributed by atoms with E-state index in [0.29, 0.717) is 18.4 Å². The first kappa shape index (κ1) is 28.3. The van der Waals surface area contributed by atoms with Crippen LogP contribution in [0.25, 0.3) is 0 Å². The predicted octanol–water partition coefficient (Wildman–Crippen LogP) is 0.539. The number of cyclic esters (lactones) is 1. The molecule has 0 aromatic carbocycles. The van der Waals surface area contributed by atoms with Crippen LogP contribution in [0.3, 0.4) is 0 Å². The number of hydrogen-bond donors (Lipinski definition) is 4. The van der Waals surface area contributed by atoms with Crippen molar-refractivity contribution in [2.45, 2.75) is 58.3 Å². The summed E-state index contributed by atoms with van der Waals surface area (Å²) < 4.78 is 17.0. The van der Waals surface area contributed by atoms with E-state index in [1.54, 1.807) is 6.92 Å². The molecule has 0 amide bonds. The molecule has 2 fully saturated rings. The number of rotatable bonds is 8. The van der Waals surface area contributed by atoms with Crippen molar-refractivity contribution in [3.8, 4) is 0 Å². The third-order valence-corrected chi connectivity index (χ3v) is 8.74. The maximum absolute atomic E-state index is 13.9. The fraction of sp³-hybridized carbons (Fsp3) is 0.667. The highest BCUT2D eigenvalue weighted by atomic mass is 16.6. The summed E-state index contributed by atoms with van der Waals surface area (Å²) in [5.74, 6) is -3.07. The van der Waals surface area contributed by atoms with Gasteiger partial charge in [-0.3, -0.25) is 9.59 Å². The highest BCUT2D eigenvalue weighted by Gasteiger charge is 2.64. The lowest BCUT2D eigenvalue weighted by Crippen LogP contribution is -2.57. The molecule has 210 valence electrons. The number of allylic oxidation sites excluding steroid dienone is 1. The van der Waals surface area contributed by atoms with Crippen molar-refractivity contribution in [3.63, 3.8) is 0 Å². The second-order valence-corrected chi connectivity index (χ2v) is 10.9. The number of nitrogens with zero attached hydrogens (tertiary/aromatic N) is 1. The lowest BCUT2D eigenvalue weighted by atomic mass is 9.53. The van der Waals surface area contributed by atoms with Gasteiger partial charge in [-0.15, -0.1) is 0 Å². The van der Waals surface area contributed by atoms with Crippen molar-refractivity contribution < 1.29 is 49.0 Å². The van der Waals surface area contributed by atoms with E-state index in [0.717, 1.165) is 0 Å². The first-order chi connectivity index (χ1) is 17.9. The van der Waals surface area contributed by atoms with E-state index in [-0.39, 0.29) is 56.1 Å². The second kappa shape index (κ2) is 10.4. The lowest BCUT2D eigenvalue weighted by molar-refractivity contribution is -0.161. The molecule has 1 aliphatic heterocycles. The number of aliphatic hydroxyl groups excluding tert-OH is 4. The molecule has 0 aromatic rings. The van der Waals surface area contributed by atoms with Gasteiger partial charge in [-0.1, -0.05) is 6.92 Å². The number of hydrogen-bond acceptors (Lipinski definition) is 11. The minimum Gasteiger partial charge on any atom is -0.504 e. The Bertz CT molecular complexity index is 1100. The van der Waals surface area contributed by atoms with Crippen molar-refractivity contribution in [3.05, 3.63) is 34.3 Å². The second-order valence-electron chi connectivity index (χ2n) is 10.9. The summed E-state index contributed by atoms with van der Waals surface area (Å²) in [6, 6.07) is 0. The smallest absolute Gasteiger partial charge is 0.340 e. The molecular formula is C27H37NO10. The Hall–Kier alpha value is -2.73. The van der Waals surface area contributed by atoms with Gasteiger partial charge in [0.1, 0.15) is 12.2 Å². The van der Waals surface area contributed by atoms with Gasteiger partial charge in [0.05, 0.1) is 36.9 Å². The Kier molecular flexibility index (Phi) is 7.77. The van der Waals surface area contributed by atoms with Gasteiger partial charge in [0, 0.05) is 49.9 Å². The van der Waals surface area contributed by atoms with E-state index in [1.807, 2.05) is 6.92 Å². The topological polar surface area (TPSA) is 163 Å². The maximum Gasteiger partial charge on any atom is 0.340 e. The third kappa shape index (κ3) is 4.25.